The second-order valence-corrected chi connectivity index (χ2v) is 12.1. The first-order valence-electron chi connectivity index (χ1n) is 15.6. The fourth-order valence-electron chi connectivity index (χ4n) is 5.80. The molecular weight excluding hydrogens is 601 g/mol. The molecule has 0 radical (unpaired) electrons. The van der Waals surface area contributed by atoms with Crippen molar-refractivity contribution in [3.8, 4) is 22.3 Å². The number of aliphatic hydroxyl groups is 2. The van der Waals surface area contributed by atoms with Crippen LogP contribution in [-0.2, 0) is 17.8 Å². The highest BCUT2D eigenvalue weighted by Gasteiger charge is 2.30. The molecule has 2 amide bonds. The molecule has 2 atom stereocenters. The van der Waals surface area contributed by atoms with Crippen LogP contribution < -0.4 is 5.32 Å². The van der Waals surface area contributed by atoms with Crippen molar-refractivity contribution >= 4 is 17.8 Å². The van der Waals surface area contributed by atoms with Gasteiger partial charge < -0.3 is 30.1 Å². The number of carboxylic acids is 1. The highest BCUT2D eigenvalue weighted by Crippen LogP contribution is 2.42. The van der Waals surface area contributed by atoms with E-state index in [-0.39, 0.29) is 37.2 Å². The van der Waals surface area contributed by atoms with E-state index in [1.54, 1.807) is 50.5 Å². The van der Waals surface area contributed by atoms with Gasteiger partial charge in [0.15, 0.2) is 0 Å². The first kappa shape index (κ1) is 35.1. The maximum Gasteiger partial charge on any atom is 0.305 e. The average Bonchev–Trinajstić information content (AvgIpc) is 3.38. The molecule has 0 saturated heterocycles. The molecule has 1 aromatic heterocycles. The van der Waals surface area contributed by atoms with E-state index >= 15 is 0 Å². The number of carboxylic acid groups (broad SMARTS) is 1. The van der Waals surface area contributed by atoms with Crippen LogP contribution in [-0.4, -0.2) is 68.9 Å². The van der Waals surface area contributed by atoms with Crippen LogP contribution in [0.5, 0.6) is 0 Å². The number of aromatic nitrogens is 1. The topological polar surface area (TPSA) is 132 Å². The van der Waals surface area contributed by atoms with E-state index in [0.717, 1.165) is 22.4 Å². The third-order valence-corrected chi connectivity index (χ3v) is 7.96. The zero-order valence-corrected chi connectivity index (χ0v) is 27.1. The highest BCUT2D eigenvalue weighted by molar-refractivity contribution is 6.05. The van der Waals surface area contributed by atoms with Gasteiger partial charge in [-0.1, -0.05) is 54.6 Å². The van der Waals surface area contributed by atoms with E-state index in [9.17, 15) is 29.0 Å². The molecule has 10 heteroatoms. The minimum Gasteiger partial charge on any atom is -0.481 e. The second-order valence-electron chi connectivity index (χ2n) is 12.1. The summed E-state index contributed by atoms with van der Waals surface area (Å²) in [5, 5.41) is 33.0. The van der Waals surface area contributed by atoms with Crippen LogP contribution in [0.1, 0.15) is 71.3 Å². The summed E-state index contributed by atoms with van der Waals surface area (Å²) in [7, 11) is 3.37. The first-order valence-corrected chi connectivity index (χ1v) is 15.6. The predicted octanol–water partition coefficient (Wildman–Crippen LogP) is 5.69. The Morgan fingerprint density at radius 1 is 0.851 bits per heavy atom. The van der Waals surface area contributed by atoms with Gasteiger partial charge in [0.05, 0.1) is 18.6 Å². The van der Waals surface area contributed by atoms with Crippen molar-refractivity contribution in [1.82, 2.24) is 14.8 Å². The SMILES string of the molecule is CC(C)n1c(CC[C@@H](O)C[C@@H](O)CC(=O)O)c(-c2ccc(F)cc2)c(-c2ccccc2)c1C(=O)NCc1ccc(C(=O)N(C)C)cc1. The lowest BCUT2D eigenvalue weighted by atomic mass is 9.92. The molecular formula is C37H42FN3O6. The Bertz CT molecular complexity index is 1680. The molecule has 0 bridgehead atoms. The summed E-state index contributed by atoms with van der Waals surface area (Å²) in [6, 6.07) is 22.3. The Kier molecular flexibility index (Phi) is 11.7. The second kappa shape index (κ2) is 15.7. The third-order valence-electron chi connectivity index (χ3n) is 7.96. The van der Waals surface area contributed by atoms with Crippen LogP contribution in [0.2, 0.25) is 0 Å². The molecule has 4 rings (SSSR count). The number of nitrogens with one attached hydrogen (secondary N) is 1. The molecule has 4 N–H and O–H groups in total. The van der Waals surface area contributed by atoms with Gasteiger partial charge in [0.25, 0.3) is 11.8 Å². The molecule has 0 spiro atoms. The summed E-state index contributed by atoms with van der Waals surface area (Å²) in [6.45, 7) is 4.11. The molecule has 4 aromatic rings. The van der Waals surface area contributed by atoms with Crippen molar-refractivity contribution < 1.29 is 34.1 Å². The summed E-state index contributed by atoms with van der Waals surface area (Å²) in [5.41, 5.74) is 5.34. The van der Waals surface area contributed by atoms with Crippen molar-refractivity contribution in [3.05, 3.63) is 107 Å². The molecule has 47 heavy (non-hydrogen) atoms. The number of amides is 2. The van der Waals surface area contributed by atoms with Crippen LogP contribution >= 0.6 is 0 Å². The number of hydrogen-bond donors (Lipinski definition) is 4. The van der Waals surface area contributed by atoms with Gasteiger partial charge in [-0.05, 0) is 74.1 Å². The summed E-state index contributed by atoms with van der Waals surface area (Å²) >= 11 is 0. The first-order chi connectivity index (χ1) is 22.4. The number of benzene rings is 3. The largest absolute Gasteiger partial charge is 0.481 e. The van der Waals surface area contributed by atoms with E-state index in [1.165, 1.54) is 17.0 Å². The van der Waals surface area contributed by atoms with Crippen molar-refractivity contribution in [2.75, 3.05) is 14.1 Å². The zero-order chi connectivity index (χ0) is 34.2. The van der Waals surface area contributed by atoms with Crippen LogP contribution in [0.15, 0.2) is 78.9 Å². The Hall–Kier alpha value is -4.80. The maximum absolute atomic E-state index is 14.2. The number of carbonyl (C=O) groups excluding carboxylic acids is 2. The molecule has 0 fully saturated rings. The number of hydrogen-bond acceptors (Lipinski definition) is 5. The van der Waals surface area contributed by atoms with Gasteiger partial charge in [-0.2, -0.15) is 0 Å². The predicted molar refractivity (Wildman–Crippen MR) is 178 cm³/mol. The fourth-order valence-corrected chi connectivity index (χ4v) is 5.80. The van der Waals surface area contributed by atoms with Crippen LogP contribution in [0.3, 0.4) is 0 Å². The van der Waals surface area contributed by atoms with Crippen molar-refractivity contribution in [3.63, 3.8) is 0 Å². The molecule has 0 aliphatic rings. The maximum atomic E-state index is 14.2. The Morgan fingerprint density at radius 2 is 1.47 bits per heavy atom. The lowest BCUT2D eigenvalue weighted by Gasteiger charge is -2.20. The average molecular weight is 644 g/mol. The number of aliphatic carboxylic acids is 1. The minimum atomic E-state index is -1.20. The lowest BCUT2D eigenvalue weighted by Crippen LogP contribution is -2.27. The van der Waals surface area contributed by atoms with E-state index in [0.29, 0.717) is 28.8 Å². The zero-order valence-electron chi connectivity index (χ0n) is 27.1. The Labute approximate surface area is 274 Å². The van der Waals surface area contributed by atoms with E-state index < -0.39 is 30.4 Å². The quantitative estimate of drug-likeness (QED) is 0.140. The van der Waals surface area contributed by atoms with E-state index in [2.05, 4.69) is 5.32 Å². The van der Waals surface area contributed by atoms with E-state index in [1.807, 2.05) is 48.7 Å². The highest BCUT2D eigenvalue weighted by atomic mass is 19.1. The minimum absolute atomic E-state index is 0.113. The normalized spacial score (nSPS) is 12.5. The van der Waals surface area contributed by atoms with Crippen molar-refractivity contribution in [2.24, 2.45) is 0 Å². The van der Waals surface area contributed by atoms with Gasteiger partial charge in [0.2, 0.25) is 0 Å². The number of rotatable bonds is 14. The van der Waals surface area contributed by atoms with Gasteiger partial charge in [-0.25, -0.2) is 4.39 Å². The standard InChI is InChI=1S/C37H42FN3O6/c1-23(2)41-31(19-18-29(42)20-30(43)21-32(44)45)33(26-14-16-28(38)17-15-26)34(25-8-6-5-7-9-25)35(41)36(46)39-22-24-10-12-27(13-11-24)37(47)40(3)4/h5-17,23,29-30,42-43H,18-22H2,1-4H3,(H,39,46)(H,44,45)/t29-,30-/m1/s1. The Balaban J connectivity index is 1.80. The molecule has 9 nitrogen and oxygen atoms in total. The molecule has 248 valence electrons. The van der Waals surface area contributed by atoms with Gasteiger partial charge in [-0.3, -0.25) is 14.4 Å². The van der Waals surface area contributed by atoms with Crippen LogP contribution in [0.4, 0.5) is 4.39 Å². The monoisotopic (exact) mass is 643 g/mol. The molecule has 1 heterocycles. The third kappa shape index (κ3) is 8.72. The van der Waals surface area contributed by atoms with Crippen molar-refractivity contribution in [2.45, 2.75) is 64.3 Å². The number of halogens is 1. The molecule has 0 saturated carbocycles. The summed E-state index contributed by atoms with van der Waals surface area (Å²) in [6.07, 6.45) is -2.31. The molecule has 3 aromatic carbocycles. The number of nitrogens with zero attached hydrogens (tertiary/aromatic N) is 2. The summed E-state index contributed by atoms with van der Waals surface area (Å²) < 4.78 is 16.1. The van der Waals surface area contributed by atoms with Crippen LogP contribution in [0, 0.1) is 5.82 Å². The molecule has 0 aliphatic heterocycles. The van der Waals surface area contributed by atoms with Gasteiger partial charge in [0.1, 0.15) is 11.5 Å². The number of aliphatic hydroxyl groups excluding tert-OH is 2. The smallest absolute Gasteiger partial charge is 0.305 e. The summed E-state index contributed by atoms with van der Waals surface area (Å²) in [4.78, 5) is 39.1. The molecule has 0 unspecified atom stereocenters. The number of carbonyl (C=O) groups is 3. The van der Waals surface area contributed by atoms with Crippen molar-refractivity contribution in [1.29, 1.82) is 0 Å². The fraction of sp³-hybridized carbons (Fsp3) is 0.324. The summed E-state index contributed by atoms with van der Waals surface area (Å²) in [5.74, 6) is -2.01. The lowest BCUT2D eigenvalue weighted by molar-refractivity contribution is -0.139. The van der Waals surface area contributed by atoms with E-state index in [4.69, 9.17) is 5.11 Å². The van der Waals surface area contributed by atoms with Gasteiger partial charge >= 0.3 is 5.97 Å². The Morgan fingerprint density at radius 3 is 2.04 bits per heavy atom. The molecule has 0 aliphatic carbocycles. The van der Waals surface area contributed by atoms with Gasteiger partial charge in [0, 0.05) is 49.1 Å². The van der Waals surface area contributed by atoms with Crippen LogP contribution in [0.25, 0.3) is 22.3 Å². The van der Waals surface area contributed by atoms with Gasteiger partial charge in [-0.15, -0.1) is 0 Å².